The van der Waals surface area contributed by atoms with Crippen molar-refractivity contribution in [2.75, 3.05) is 0 Å². The first-order chi connectivity index (χ1) is 13.6. The van der Waals surface area contributed by atoms with Crippen LogP contribution in [0.5, 0.6) is 0 Å². The number of nitrogens with one attached hydrogen (secondary N) is 1. The Labute approximate surface area is 159 Å². The average Bonchev–Trinajstić information content (AvgIpc) is 3.41. The summed E-state index contributed by atoms with van der Waals surface area (Å²) in [7, 11) is 0. The standard InChI is InChI=1S/C20H16FN7/c1-12-3-4-13(2)28(12)20-25-18-9-14(7-8-27(18)26-20)19-16(21)5-6-17(24-19)15-10-22-23-11-15/h3-11H,1-2H3,(H,22,23). The van der Waals surface area contributed by atoms with Crippen molar-refractivity contribution in [1.29, 1.82) is 0 Å². The Hall–Kier alpha value is -3.81. The predicted octanol–water partition coefficient (Wildman–Crippen LogP) is 3.73. The van der Waals surface area contributed by atoms with Gasteiger partial charge < -0.3 is 0 Å². The highest BCUT2D eigenvalue weighted by atomic mass is 19.1. The number of aromatic nitrogens is 7. The van der Waals surface area contributed by atoms with E-state index in [-0.39, 0.29) is 5.69 Å². The van der Waals surface area contributed by atoms with Crippen molar-refractivity contribution in [3.63, 3.8) is 0 Å². The molecule has 0 aliphatic heterocycles. The number of halogens is 1. The summed E-state index contributed by atoms with van der Waals surface area (Å²) in [6, 6.07) is 10.7. The van der Waals surface area contributed by atoms with Crippen molar-refractivity contribution in [2.45, 2.75) is 13.8 Å². The van der Waals surface area contributed by atoms with E-state index in [9.17, 15) is 4.39 Å². The zero-order valence-corrected chi connectivity index (χ0v) is 15.3. The summed E-state index contributed by atoms with van der Waals surface area (Å²) in [6.45, 7) is 4.01. The van der Waals surface area contributed by atoms with Gasteiger partial charge in [-0.25, -0.2) is 13.9 Å². The van der Waals surface area contributed by atoms with Gasteiger partial charge in [0.1, 0.15) is 11.5 Å². The van der Waals surface area contributed by atoms with E-state index in [1.54, 1.807) is 41.3 Å². The molecule has 138 valence electrons. The SMILES string of the molecule is Cc1ccc(C)n1-c1nc2cc(-c3nc(-c4cn[nH]c4)ccc3F)ccn2n1. The Bertz CT molecular complexity index is 1280. The van der Waals surface area contributed by atoms with Crippen LogP contribution in [0.15, 0.2) is 55.0 Å². The predicted molar refractivity (Wildman–Crippen MR) is 103 cm³/mol. The van der Waals surface area contributed by atoms with E-state index >= 15 is 0 Å². The summed E-state index contributed by atoms with van der Waals surface area (Å²) < 4.78 is 18.2. The van der Waals surface area contributed by atoms with Crippen molar-refractivity contribution >= 4 is 5.65 Å². The molecule has 0 aliphatic rings. The molecule has 0 saturated carbocycles. The van der Waals surface area contributed by atoms with Gasteiger partial charge in [-0.1, -0.05) is 0 Å². The van der Waals surface area contributed by atoms with Gasteiger partial charge in [-0.05, 0) is 50.2 Å². The molecule has 0 saturated heterocycles. The maximum absolute atomic E-state index is 14.5. The quantitative estimate of drug-likeness (QED) is 0.523. The van der Waals surface area contributed by atoms with E-state index in [1.807, 2.05) is 30.5 Å². The smallest absolute Gasteiger partial charge is 0.254 e. The van der Waals surface area contributed by atoms with E-state index in [1.165, 1.54) is 6.07 Å². The van der Waals surface area contributed by atoms with Crippen molar-refractivity contribution in [2.24, 2.45) is 0 Å². The van der Waals surface area contributed by atoms with E-state index in [2.05, 4.69) is 25.3 Å². The van der Waals surface area contributed by atoms with Crippen molar-refractivity contribution in [3.05, 3.63) is 72.2 Å². The van der Waals surface area contributed by atoms with Crippen LogP contribution in [0.1, 0.15) is 11.4 Å². The van der Waals surface area contributed by atoms with Crippen molar-refractivity contribution in [1.82, 2.24) is 34.3 Å². The number of H-pyrrole nitrogens is 1. The van der Waals surface area contributed by atoms with Crippen LogP contribution < -0.4 is 0 Å². The van der Waals surface area contributed by atoms with E-state index < -0.39 is 5.82 Å². The van der Waals surface area contributed by atoms with Crippen LogP contribution >= 0.6 is 0 Å². The average molecular weight is 373 g/mol. The van der Waals surface area contributed by atoms with Crippen LogP contribution in [0.4, 0.5) is 4.39 Å². The summed E-state index contributed by atoms with van der Waals surface area (Å²) in [5.41, 5.74) is 5.06. The molecule has 0 spiro atoms. The van der Waals surface area contributed by atoms with Gasteiger partial charge in [0.25, 0.3) is 5.95 Å². The largest absolute Gasteiger partial charge is 0.286 e. The lowest BCUT2D eigenvalue weighted by atomic mass is 10.1. The van der Waals surface area contributed by atoms with Crippen LogP contribution in [-0.2, 0) is 0 Å². The van der Waals surface area contributed by atoms with Crippen LogP contribution in [0.2, 0.25) is 0 Å². The summed E-state index contributed by atoms with van der Waals surface area (Å²) in [4.78, 5) is 9.09. The second-order valence-electron chi connectivity index (χ2n) is 6.60. The molecule has 5 heterocycles. The summed E-state index contributed by atoms with van der Waals surface area (Å²) in [5, 5.41) is 11.2. The lowest BCUT2D eigenvalue weighted by molar-refractivity contribution is 0.626. The van der Waals surface area contributed by atoms with Gasteiger partial charge in [0.2, 0.25) is 0 Å². The fourth-order valence-electron chi connectivity index (χ4n) is 3.29. The molecule has 28 heavy (non-hydrogen) atoms. The Kier molecular flexibility index (Phi) is 3.58. The minimum atomic E-state index is -0.395. The third-order valence-corrected chi connectivity index (χ3v) is 4.71. The van der Waals surface area contributed by atoms with Crippen LogP contribution in [0.3, 0.4) is 0 Å². The molecule has 1 N–H and O–H groups in total. The zero-order valence-electron chi connectivity index (χ0n) is 15.3. The molecular formula is C20H16FN7. The van der Waals surface area contributed by atoms with Crippen molar-refractivity contribution < 1.29 is 4.39 Å². The summed E-state index contributed by atoms with van der Waals surface area (Å²) in [6.07, 6.45) is 5.14. The van der Waals surface area contributed by atoms with Gasteiger partial charge in [-0.15, -0.1) is 5.10 Å². The van der Waals surface area contributed by atoms with Crippen molar-refractivity contribution in [3.8, 4) is 28.5 Å². The highest BCUT2D eigenvalue weighted by Crippen LogP contribution is 2.26. The minimum absolute atomic E-state index is 0.263. The van der Waals surface area contributed by atoms with Gasteiger partial charge >= 0.3 is 0 Å². The maximum Gasteiger partial charge on any atom is 0.254 e. The number of fused-ring (bicyclic) bond motifs is 1. The van der Waals surface area contributed by atoms with E-state index in [0.29, 0.717) is 22.9 Å². The third kappa shape index (κ3) is 2.58. The number of pyridine rings is 2. The highest BCUT2D eigenvalue weighted by molar-refractivity contribution is 5.68. The molecule has 0 bridgehead atoms. The number of aromatic amines is 1. The Balaban J connectivity index is 1.62. The van der Waals surface area contributed by atoms with E-state index in [0.717, 1.165) is 17.0 Å². The monoisotopic (exact) mass is 373 g/mol. The normalized spacial score (nSPS) is 11.4. The molecule has 0 aliphatic carbocycles. The zero-order chi connectivity index (χ0) is 19.3. The van der Waals surface area contributed by atoms with Gasteiger partial charge in [0.05, 0.1) is 11.9 Å². The first-order valence-corrected chi connectivity index (χ1v) is 8.78. The number of hydrogen-bond donors (Lipinski definition) is 1. The van der Waals surface area contributed by atoms with Crippen LogP contribution in [-0.4, -0.2) is 34.3 Å². The highest BCUT2D eigenvalue weighted by Gasteiger charge is 2.14. The Morgan fingerprint density at radius 1 is 0.964 bits per heavy atom. The lowest BCUT2D eigenvalue weighted by Crippen LogP contribution is -2.01. The second kappa shape index (κ2) is 6.12. The third-order valence-electron chi connectivity index (χ3n) is 4.71. The first kappa shape index (κ1) is 16.4. The fraction of sp³-hybridized carbons (Fsp3) is 0.100. The fourth-order valence-corrected chi connectivity index (χ4v) is 3.29. The van der Waals surface area contributed by atoms with Crippen LogP contribution in [0, 0.1) is 19.7 Å². The second-order valence-corrected chi connectivity index (χ2v) is 6.60. The molecule has 5 aromatic heterocycles. The summed E-state index contributed by atoms with van der Waals surface area (Å²) >= 11 is 0. The molecule has 0 radical (unpaired) electrons. The lowest BCUT2D eigenvalue weighted by Gasteiger charge is -2.05. The number of aryl methyl sites for hydroxylation is 2. The number of hydrogen-bond acceptors (Lipinski definition) is 4. The minimum Gasteiger partial charge on any atom is -0.286 e. The summed E-state index contributed by atoms with van der Waals surface area (Å²) in [5.74, 6) is 0.186. The topological polar surface area (TPSA) is 76.7 Å². The maximum atomic E-state index is 14.5. The number of nitrogens with zero attached hydrogens (tertiary/aromatic N) is 6. The number of rotatable bonds is 3. The molecular weight excluding hydrogens is 357 g/mol. The van der Waals surface area contributed by atoms with Gasteiger partial charge in [-0.2, -0.15) is 10.1 Å². The molecule has 7 nitrogen and oxygen atoms in total. The molecule has 0 amide bonds. The van der Waals surface area contributed by atoms with Crippen LogP contribution in [0.25, 0.3) is 34.1 Å². The first-order valence-electron chi connectivity index (χ1n) is 8.78. The van der Waals surface area contributed by atoms with E-state index in [4.69, 9.17) is 0 Å². The molecule has 0 atom stereocenters. The molecule has 5 rings (SSSR count). The Morgan fingerprint density at radius 3 is 2.54 bits per heavy atom. The van der Waals surface area contributed by atoms with Gasteiger partial charge in [-0.3, -0.25) is 9.67 Å². The molecule has 0 aromatic carbocycles. The van der Waals surface area contributed by atoms with Gasteiger partial charge in [0, 0.05) is 34.9 Å². The molecule has 0 fully saturated rings. The molecule has 8 heteroatoms. The Morgan fingerprint density at radius 2 is 1.79 bits per heavy atom. The van der Waals surface area contributed by atoms with Gasteiger partial charge in [0.15, 0.2) is 5.65 Å². The molecule has 5 aromatic rings. The molecule has 0 unspecified atom stereocenters.